The van der Waals surface area contributed by atoms with Gasteiger partial charge < -0.3 is 15.7 Å². The number of aliphatic hydroxyl groups is 1. The maximum Gasteiger partial charge on any atom is 0.280 e. The van der Waals surface area contributed by atoms with E-state index in [1.54, 1.807) is 4.90 Å². The molecule has 1 heterocycles. The van der Waals surface area contributed by atoms with Crippen molar-refractivity contribution in [3.63, 3.8) is 0 Å². The molecule has 4 nitrogen and oxygen atoms in total. The zero-order valence-corrected chi connectivity index (χ0v) is 10.5. The molecule has 1 atom stereocenters. The highest BCUT2D eigenvalue weighted by atomic mass is 16.3. The second-order valence-electron chi connectivity index (χ2n) is 5.27. The van der Waals surface area contributed by atoms with Crippen molar-refractivity contribution in [2.45, 2.75) is 51.7 Å². The van der Waals surface area contributed by atoms with E-state index in [4.69, 9.17) is 5.11 Å². The van der Waals surface area contributed by atoms with Crippen LogP contribution in [0.25, 0.3) is 0 Å². The van der Waals surface area contributed by atoms with Gasteiger partial charge in [-0.3, -0.25) is 4.79 Å². The van der Waals surface area contributed by atoms with Crippen molar-refractivity contribution < 1.29 is 15.6 Å². The van der Waals surface area contributed by atoms with Gasteiger partial charge >= 0.3 is 0 Å². The van der Waals surface area contributed by atoms with Crippen LogP contribution < -0.4 is 5.73 Å². The van der Waals surface area contributed by atoms with Crippen LogP contribution >= 0.6 is 0 Å². The fourth-order valence-electron chi connectivity index (χ4n) is 1.96. The molecule has 0 radical (unpaired) electrons. The molecular weight excluding hydrogens is 204 g/mol. The predicted octanol–water partition coefficient (Wildman–Crippen LogP) is 0.0164. The third-order valence-electron chi connectivity index (χ3n) is 3.11. The highest BCUT2D eigenvalue weighted by Gasteiger charge is 2.33. The normalized spacial score (nSPS) is 18.7. The number of carbonyl (C=O) groups is 1. The molecule has 0 aromatic heterocycles. The van der Waals surface area contributed by atoms with E-state index in [2.05, 4.69) is 19.6 Å². The van der Waals surface area contributed by atoms with E-state index in [0.717, 1.165) is 18.8 Å². The number of amides is 1. The Labute approximate surface area is 97.8 Å². The van der Waals surface area contributed by atoms with Crippen LogP contribution in [-0.2, 0) is 4.79 Å². The maximum atomic E-state index is 11.8. The standard InChI is InChI=1S/C12H24N2O2/c1-9(2)5-3-4-6-11(13)12(16)14-7-10(15)8-14/h9-11,15H,3-8,13H2,1-2H3/p+1. The minimum absolute atomic E-state index is 0.106. The number of carbonyl (C=O) groups excluding carboxylic acids is 1. The molecule has 0 spiro atoms. The topological polar surface area (TPSA) is 68.2 Å². The second-order valence-corrected chi connectivity index (χ2v) is 5.27. The van der Waals surface area contributed by atoms with Gasteiger partial charge in [0, 0.05) is 19.5 Å². The van der Waals surface area contributed by atoms with Crippen molar-refractivity contribution in [1.82, 2.24) is 4.90 Å². The third kappa shape index (κ3) is 4.10. The summed E-state index contributed by atoms with van der Waals surface area (Å²) in [7, 11) is 0. The summed E-state index contributed by atoms with van der Waals surface area (Å²) >= 11 is 0. The Bertz CT molecular complexity index is 225. The number of hydrogen-bond acceptors (Lipinski definition) is 2. The van der Waals surface area contributed by atoms with Gasteiger partial charge in [-0.15, -0.1) is 0 Å². The minimum atomic E-state index is -0.308. The number of likely N-dealkylation sites (tertiary alicyclic amines) is 1. The fourth-order valence-corrected chi connectivity index (χ4v) is 1.96. The minimum Gasteiger partial charge on any atom is -0.389 e. The zero-order valence-electron chi connectivity index (χ0n) is 10.5. The van der Waals surface area contributed by atoms with E-state index in [-0.39, 0.29) is 18.1 Å². The molecular formula is C12H25N2O2+. The summed E-state index contributed by atoms with van der Waals surface area (Å²) in [5.74, 6) is 0.847. The van der Waals surface area contributed by atoms with Gasteiger partial charge in [0.25, 0.3) is 5.91 Å². The van der Waals surface area contributed by atoms with Crippen molar-refractivity contribution >= 4 is 5.91 Å². The third-order valence-corrected chi connectivity index (χ3v) is 3.11. The molecule has 0 bridgehead atoms. The summed E-state index contributed by atoms with van der Waals surface area (Å²) < 4.78 is 0. The molecule has 0 aromatic carbocycles. The number of aliphatic hydroxyl groups excluding tert-OH is 1. The van der Waals surface area contributed by atoms with Crippen LogP contribution in [0.15, 0.2) is 0 Å². The number of hydrogen-bond donors (Lipinski definition) is 2. The summed E-state index contributed by atoms with van der Waals surface area (Å²) in [6.45, 7) is 5.43. The van der Waals surface area contributed by atoms with Crippen LogP contribution in [-0.4, -0.2) is 41.1 Å². The van der Waals surface area contributed by atoms with E-state index >= 15 is 0 Å². The zero-order chi connectivity index (χ0) is 12.1. The first-order valence-corrected chi connectivity index (χ1v) is 6.30. The Morgan fingerprint density at radius 3 is 2.44 bits per heavy atom. The van der Waals surface area contributed by atoms with Crippen molar-refractivity contribution in [1.29, 1.82) is 0 Å². The molecule has 0 saturated carbocycles. The average Bonchev–Trinajstić information content (AvgIpc) is 2.18. The lowest BCUT2D eigenvalue weighted by Gasteiger charge is -2.36. The average molecular weight is 229 g/mol. The number of nitrogens with zero attached hydrogens (tertiary/aromatic N) is 1. The lowest BCUT2D eigenvalue weighted by Crippen LogP contribution is -2.70. The Morgan fingerprint density at radius 1 is 1.38 bits per heavy atom. The number of quaternary nitrogens is 1. The summed E-state index contributed by atoms with van der Waals surface area (Å²) in [6.07, 6.45) is 4.05. The van der Waals surface area contributed by atoms with E-state index in [9.17, 15) is 4.79 Å². The van der Waals surface area contributed by atoms with Gasteiger partial charge in [-0.25, -0.2) is 0 Å². The van der Waals surface area contributed by atoms with Crippen molar-refractivity contribution in [3.05, 3.63) is 0 Å². The van der Waals surface area contributed by atoms with E-state index in [0.29, 0.717) is 13.1 Å². The molecule has 16 heavy (non-hydrogen) atoms. The lowest BCUT2D eigenvalue weighted by molar-refractivity contribution is -0.408. The van der Waals surface area contributed by atoms with Gasteiger partial charge in [-0.1, -0.05) is 26.7 Å². The van der Waals surface area contributed by atoms with Crippen LogP contribution in [0, 0.1) is 5.92 Å². The molecule has 1 aliphatic heterocycles. The molecule has 0 aromatic rings. The molecule has 1 fully saturated rings. The highest BCUT2D eigenvalue weighted by molar-refractivity contribution is 5.81. The number of rotatable bonds is 6. The summed E-state index contributed by atoms with van der Waals surface area (Å²) in [6, 6.07) is -0.125. The van der Waals surface area contributed by atoms with Crippen molar-refractivity contribution in [2.24, 2.45) is 5.92 Å². The van der Waals surface area contributed by atoms with Crippen molar-refractivity contribution in [3.8, 4) is 0 Å². The van der Waals surface area contributed by atoms with Crippen LogP contribution in [0.1, 0.15) is 39.5 Å². The van der Waals surface area contributed by atoms with Gasteiger partial charge in [0.2, 0.25) is 0 Å². The molecule has 1 amide bonds. The monoisotopic (exact) mass is 229 g/mol. The molecule has 4 N–H and O–H groups in total. The predicted molar refractivity (Wildman–Crippen MR) is 62.6 cm³/mol. The van der Waals surface area contributed by atoms with E-state index in [1.807, 2.05) is 0 Å². The van der Waals surface area contributed by atoms with Crippen LogP contribution in [0.5, 0.6) is 0 Å². The summed E-state index contributed by atoms with van der Waals surface area (Å²) in [5, 5.41) is 9.11. The first-order chi connectivity index (χ1) is 7.50. The Balaban J connectivity index is 2.10. The molecule has 1 unspecified atom stereocenters. The molecule has 94 valence electrons. The Kier molecular flexibility index (Phi) is 5.22. The van der Waals surface area contributed by atoms with Crippen LogP contribution in [0.4, 0.5) is 0 Å². The quantitative estimate of drug-likeness (QED) is 0.630. The summed E-state index contributed by atoms with van der Waals surface area (Å²) in [5.41, 5.74) is 3.91. The van der Waals surface area contributed by atoms with Crippen molar-refractivity contribution in [2.75, 3.05) is 13.1 Å². The lowest BCUT2D eigenvalue weighted by atomic mass is 10.0. The summed E-state index contributed by atoms with van der Waals surface area (Å²) in [4.78, 5) is 13.5. The second kappa shape index (κ2) is 6.21. The molecule has 4 heteroatoms. The number of β-amino-alcohol motifs (C(OH)–C–C–N with tert-alkyl or cyclic N) is 1. The largest absolute Gasteiger partial charge is 0.389 e. The smallest absolute Gasteiger partial charge is 0.280 e. The first-order valence-electron chi connectivity index (χ1n) is 6.30. The highest BCUT2D eigenvalue weighted by Crippen LogP contribution is 2.12. The maximum absolute atomic E-state index is 11.8. The SMILES string of the molecule is CC(C)CCCCC([NH3+])C(=O)N1CC(O)C1. The Hall–Kier alpha value is -0.610. The molecule has 1 rings (SSSR count). The van der Waals surface area contributed by atoms with Gasteiger partial charge in [0.05, 0.1) is 6.10 Å². The molecule has 1 saturated heterocycles. The number of unbranched alkanes of at least 4 members (excludes halogenated alkanes) is 1. The van der Waals surface area contributed by atoms with E-state index in [1.165, 1.54) is 12.8 Å². The van der Waals surface area contributed by atoms with Crippen LogP contribution in [0.2, 0.25) is 0 Å². The van der Waals surface area contributed by atoms with Gasteiger partial charge in [0.15, 0.2) is 6.04 Å². The Morgan fingerprint density at radius 2 is 1.94 bits per heavy atom. The molecule has 1 aliphatic rings. The fraction of sp³-hybridized carbons (Fsp3) is 0.917. The van der Waals surface area contributed by atoms with Gasteiger partial charge in [-0.05, 0) is 12.3 Å². The van der Waals surface area contributed by atoms with Crippen LogP contribution in [0.3, 0.4) is 0 Å². The van der Waals surface area contributed by atoms with Gasteiger partial charge in [-0.2, -0.15) is 0 Å². The van der Waals surface area contributed by atoms with Gasteiger partial charge in [0.1, 0.15) is 0 Å². The molecule has 0 aliphatic carbocycles. The first kappa shape index (κ1) is 13.5. The van der Waals surface area contributed by atoms with E-state index < -0.39 is 0 Å².